The normalized spacial score (nSPS) is 9.87. The number of methoxy groups -OCH3 is 1. The number of ether oxygens (including phenoxy) is 1. The van der Waals surface area contributed by atoms with Gasteiger partial charge in [-0.2, -0.15) is 5.10 Å². The SMILES string of the molecule is CC.CNC(=O)c1cnc(NC(C)=O)cc1Nc1cccc(-c2cnn(C)c2)c1OC. The second-order valence-corrected chi connectivity index (χ2v) is 6.29. The summed E-state index contributed by atoms with van der Waals surface area (Å²) in [6, 6.07) is 7.24. The van der Waals surface area contributed by atoms with Crippen LogP contribution in [0.4, 0.5) is 17.2 Å². The van der Waals surface area contributed by atoms with E-state index in [1.54, 1.807) is 24.1 Å². The van der Waals surface area contributed by atoms with Crippen molar-refractivity contribution >= 4 is 29.0 Å². The number of aromatic nitrogens is 3. The third kappa shape index (κ3) is 5.59. The molecule has 3 aromatic rings. The minimum absolute atomic E-state index is 0.257. The third-order valence-electron chi connectivity index (χ3n) is 4.18. The molecule has 0 saturated carbocycles. The largest absolute Gasteiger partial charge is 0.494 e. The summed E-state index contributed by atoms with van der Waals surface area (Å²) in [6.07, 6.45) is 5.04. The maximum absolute atomic E-state index is 12.3. The molecule has 0 unspecified atom stereocenters. The molecule has 31 heavy (non-hydrogen) atoms. The van der Waals surface area contributed by atoms with Crippen LogP contribution in [0.25, 0.3) is 11.1 Å². The molecule has 2 amide bonds. The van der Waals surface area contributed by atoms with Crippen LogP contribution in [0.1, 0.15) is 31.1 Å². The summed E-state index contributed by atoms with van der Waals surface area (Å²) < 4.78 is 7.36. The van der Waals surface area contributed by atoms with Gasteiger partial charge in [0.2, 0.25) is 5.91 Å². The van der Waals surface area contributed by atoms with Crippen LogP contribution in [0.5, 0.6) is 5.75 Å². The van der Waals surface area contributed by atoms with Gasteiger partial charge >= 0.3 is 0 Å². The number of para-hydroxylation sites is 1. The molecule has 9 nitrogen and oxygen atoms in total. The predicted molar refractivity (Wildman–Crippen MR) is 122 cm³/mol. The highest BCUT2D eigenvalue weighted by Crippen LogP contribution is 2.38. The average Bonchev–Trinajstić information content (AvgIpc) is 3.20. The fraction of sp³-hybridized carbons (Fsp3) is 0.273. The van der Waals surface area contributed by atoms with Gasteiger partial charge in [-0.15, -0.1) is 0 Å². The summed E-state index contributed by atoms with van der Waals surface area (Å²) in [5, 5.41) is 12.6. The number of pyridine rings is 1. The van der Waals surface area contributed by atoms with Crippen LogP contribution in [0.2, 0.25) is 0 Å². The highest BCUT2D eigenvalue weighted by atomic mass is 16.5. The molecule has 0 saturated heterocycles. The Morgan fingerprint density at radius 1 is 1.13 bits per heavy atom. The zero-order chi connectivity index (χ0) is 23.0. The Kier molecular flexibility index (Phi) is 8.13. The predicted octanol–water partition coefficient (Wildman–Crippen LogP) is 3.58. The van der Waals surface area contributed by atoms with Gasteiger partial charge in [0.15, 0.2) is 0 Å². The van der Waals surface area contributed by atoms with Gasteiger partial charge in [0.05, 0.1) is 30.2 Å². The number of carbonyl (C=O) groups excluding carboxylic acids is 2. The van der Waals surface area contributed by atoms with E-state index in [9.17, 15) is 9.59 Å². The molecule has 0 atom stereocenters. The number of nitrogens with one attached hydrogen (secondary N) is 3. The summed E-state index contributed by atoms with van der Waals surface area (Å²) in [5.74, 6) is 0.361. The molecule has 3 rings (SSSR count). The maximum atomic E-state index is 12.3. The van der Waals surface area contributed by atoms with Crippen LogP contribution in [0, 0.1) is 0 Å². The van der Waals surface area contributed by atoms with Crippen molar-refractivity contribution in [3.63, 3.8) is 0 Å². The Bertz CT molecular complexity index is 1060. The molecule has 0 aliphatic heterocycles. The van der Waals surface area contributed by atoms with Gasteiger partial charge in [-0.3, -0.25) is 14.3 Å². The Labute approximate surface area is 181 Å². The lowest BCUT2D eigenvalue weighted by atomic mass is 10.1. The van der Waals surface area contributed by atoms with Crippen LogP contribution in [-0.2, 0) is 11.8 Å². The summed E-state index contributed by atoms with van der Waals surface area (Å²) in [4.78, 5) is 27.8. The first-order valence-electron chi connectivity index (χ1n) is 9.85. The van der Waals surface area contributed by atoms with Gasteiger partial charge < -0.3 is 20.7 Å². The van der Waals surface area contributed by atoms with Crippen molar-refractivity contribution in [3.05, 3.63) is 48.4 Å². The fourth-order valence-corrected chi connectivity index (χ4v) is 2.91. The second kappa shape index (κ2) is 10.8. The zero-order valence-electron chi connectivity index (χ0n) is 18.6. The first kappa shape index (κ1) is 23.4. The number of benzene rings is 1. The van der Waals surface area contributed by atoms with Crippen LogP contribution < -0.4 is 20.7 Å². The number of nitrogens with zero attached hydrogens (tertiary/aromatic N) is 3. The second-order valence-electron chi connectivity index (χ2n) is 6.29. The van der Waals surface area contributed by atoms with Crippen molar-refractivity contribution in [2.75, 3.05) is 24.8 Å². The van der Waals surface area contributed by atoms with Crippen molar-refractivity contribution in [1.29, 1.82) is 0 Å². The number of carbonyl (C=O) groups is 2. The van der Waals surface area contributed by atoms with E-state index in [2.05, 4.69) is 26.0 Å². The Morgan fingerprint density at radius 2 is 1.87 bits per heavy atom. The molecular formula is C22H28N6O3. The van der Waals surface area contributed by atoms with Crippen molar-refractivity contribution in [3.8, 4) is 16.9 Å². The van der Waals surface area contributed by atoms with Gasteiger partial charge in [-0.25, -0.2) is 4.98 Å². The summed E-state index contributed by atoms with van der Waals surface area (Å²) in [5.41, 5.74) is 3.20. The van der Waals surface area contributed by atoms with Crippen molar-refractivity contribution in [1.82, 2.24) is 20.1 Å². The number of rotatable bonds is 6. The summed E-state index contributed by atoms with van der Waals surface area (Å²) in [7, 11) is 4.96. The van der Waals surface area contributed by atoms with Crippen LogP contribution in [-0.4, -0.2) is 40.7 Å². The lowest BCUT2D eigenvalue weighted by molar-refractivity contribution is -0.114. The van der Waals surface area contributed by atoms with Crippen molar-refractivity contribution in [2.45, 2.75) is 20.8 Å². The number of amides is 2. The first-order valence-corrected chi connectivity index (χ1v) is 9.85. The van der Waals surface area contributed by atoms with Crippen LogP contribution >= 0.6 is 0 Å². The summed E-state index contributed by atoms with van der Waals surface area (Å²) >= 11 is 0. The molecule has 0 spiro atoms. The molecule has 0 bridgehead atoms. The molecule has 0 aliphatic carbocycles. The monoisotopic (exact) mass is 424 g/mol. The first-order chi connectivity index (χ1) is 14.9. The maximum Gasteiger partial charge on any atom is 0.254 e. The van der Waals surface area contributed by atoms with Crippen molar-refractivity contribution in [2.24, 2.45) is 7.05 Å². The zero-order valence-corrected chi connectivity index (χ0v) is 18.6. The van der Waals surface area contributed by atoms with Crippen LogP contribution in [0.15, 0.2) is 42.9 Å². The molecule has 1 aromatic carbocycles. The Hall–Kier alpha value is -3.88. The average molecular weight is 425 g/mol. The van der Waals surface area contributed by atoms with E-state index in [0.717, 1.165) is 11.1 Å². The van der Waals surface area contributed by atoms with Gasteiger partial charge in [0, 0.05) is 50.6 Å². The van der Waals surface area contributed by atoms with Crippen molar-refractivity contribution < 1.29 is 14.3 Å². The highest BCUT2D eigenvalue weighted by Gasteiger charge is 2.17. The molecule has 164 valence electrons. The quantitative estimate of drug-likeness (QED) is 0.558. The number of aryl methyl sites for hydroxylation is 1. The lowest BCUT2D eigenvalue weighted by Gasteiger charge is -2.17. The van der Waals surface area contributed by atoms with Crippen LogP contribution in [0.3, 0.4) is 0 Å². The van der Waals surface area contributed by atoms with E-state index in [1.165, 1.54) is 20.2 Å². The number of hydrogen-bond acceptors (Lipinski definition) is 6. The Morgan fingerprint density at radius 3 is 2.45 bits per heavy atom. The van der Waals surface area contributed by atoms with Gasteiger partial charge in [0.1, 0.15) is 11.6 Å². The summed E-state index contributed by atoms with van der Waals surface area (Å²) in [6.45, 7) is 5.39. The smallest absolute Gasteiger partial charge is 0.254 e. The molecule has 0 fully saturated rings. The van der Waals surface area contributed by atoms with E-state index in [0.29, 0.717) is 28.5 Å². The molecular weight excluding hydrogens is 396 g/mol. The van der Waals surface area contributed by atoms with Gasteiger partial charge in [0.25, 0.3) is 5.91 Å². The standard InChI is InChI=1S/C20H22N6O3.C2H6/c1-12(27)24-18-8-17(15(10-22-18)20(28)21-2)25-16-7-5-6-14(19(16)29-4)13-9-23-26(3)11-13;1-2/h5-11H,1-4H3,(H,21,28)(H2,22,24,25,27);1-2H3. The lowest BCUT2D eigenvalue weighted by Crippen LogP contribution is -2.20. The topological polar surface area (TPSA) is 110 Å². The van der Waals surface area contributed by atoms with Gasteiger partial charge in [-0.1, -0.05) is 26.0 Å². The molecule has 3 N–H and O–H groups in total. The minimum Gasteiger partial charge on any atom is -0.494 e. The minimum atomic E-state index is -0.309. The highest BCUT2D eigenvalue weighted by molar-refractivity contribution is 6.01. The molecule has 0 aliphatic rings. The fourth-order valence-electron chi connectivity index (χ4n) is 2.91. The molecule has 2 heterocycles. The molecule has 9 heteroatoms. The molecule has 2 aromatic heterocycles. The van der Waals surface area contributed by atoms with Gasteiger partial charge in [-0.05, 0) is 6.07 Å². The Balaban J connectivity index is 0.00000166. The number of anilines is 3. The van der Waals surface area contributed by atoms with E-state index >= 15 is 0 Å². The van der Waals surface area contributed by atoms with E-state index in [1.807, 2.05) is 45.3 Å². The van der Waals surface area contributed by atoms with E-state index in [4.69, 9.17) is 4.74 Å². The molecule has 0 radical (unpaired) electrons. The number of hydrogen-bond donors (Lipinski definition) is 3. The van der Waals surface area contributed by atoms with E-state index in [-0.39, 0.29) is 11.8 Å². The third-order valence-corrected chi connectivity index (χ3v) is 4.18. The van der Waals surface area contributed by atoms with E-state index < -0.39 is 0 Å².